The van der Waals surface area contributed by atoms with E-state index in [0.29, 0.717) is 5.56 Å². The largest absolute Gasteiger partial charge is 0.295 e. The Hall–Kier alpha value is -1.69. The number of halogens is 1. The molecule has 0 heterocycles. The zero-order valence-corrected chi connectivity index (χ0v) is 10.3. The Morgan fingerprint density at radius 2 is 1.65 bits per heavy atom. The number of hydrogen-bond acceptors (Lipinski definition) is 4. The van der Waals surface area contributed by atoms with Gasteiger partial charge in [0.1, 0.15) is 5.02 Å². The van der Waals surface area contributed by atoms with Crippen LogP contribution in [-0.2, 0) is 5.41 Å². The molecule has 0 atom stereocenters. The Bertz CT molecular complexity index is 494. The first-order valence-corrected chi connectivity index (χ1v) is 5.15. The number of nitro groups is 2. The van der Waals surface area contributed by atoms with Crippen LogP contribution in [0, 0.1) is 20.2 Å². The first kappa shape index (κ1) is 13.4. The van der Waals surface area contributed by atoms with Crippen molar-refractivity contribution < 1.29 is 9.85 Å². The summed E-state index contributed by atoms with van der Waals surface area (Å²) in [4.78, 5) is 20.1. The van der Waals surface area contributed by atoms with E-state index in [2.05, 4.69) is 0 Å². The molecule has 0 aliphatic heterocycles. The van der Waals surface area contributed by atoms with E-state index in [1.54, 1.807) is 20.8 Å². The fourth-order valence-corrected chi connectivity index (χ4v) is 1.84. The third-order valence-corrected chi connectivity index (χ3v) is 2.65. The van der Waals surface area contributed by atoms with Crippen molar-refractivity contribution in [3.05, 3.63) is 42.9 Å². The van der Waals surface area contributed by atoms with Gasteiger partial charge in [-0.2, -0.15) is 0 Å². The summed E-state index contributed by atoms with van der Waals surface area (Å²) in [5.74, 6) is 0. The third-order valence-electron chi connectivity index (χ3n) is 2.25. The standard InChI is InChI=1S/C10H11ClN2O4/c1-10(2,3)7-4-6(12(14)15)5-8(9(7)11)13(16)17/h4-5H,1-3H3. The second kappa shape index (κ2) is 4.29. The highest BCUT2D eigenvalue weighted by molar-refractivity contribution is 6.33. The van der Waals surface area contributed by atoms with E-state index in [1.807, 2.05) is 0 Å². The summed E-state index contributed by atoms with van der Waals surface area (Å²) < 4.78 is 0. The van der Waals surface area contributed by atoms with Crippen LogP contribution in [-0.4, -0.2) is 9.85 Å². The summed E-state index contributed by atoms with van der Waals surface area (Å²) in [7, 11) is 0. The van der Waals surface area contributed by atoms with E-state index in [9.17, 15) is 20.2 Å². The van der Waals surface area contributed by atoms with Gasteiger partial charge in [-0.3, -0.25) is 20.2 Å². The van der Waals surface area contributed by atoms with Crippen molar-refractivity contribution in [3.8, 4) is 0 Å². The lowest BCUT2D eigenvalue weighted by atomic mass is 9.86. The molecule has 0 aliphatic carbocycles. The average Bonchev–Trinajstić information content (AvgIpc) is 2.15. The summed E-state index contributed by atoms with van der Waals surface area (Å²) >= 11 is 5.90. The molecule has 0 amide bonds. The van der Waals surface area contributed by atoms with Crippen LogP contribution in [0.5, 0.6) is 0 Å². The molecule has 1 aromatic carbocycles. The number of nitro benzene ring substituents is 2. The molecule has 0 radical (unpaired) electrons. The van der Waals surface area contributed by atoms with Gasteiger partial charge < -0.3 is 0 Å². The van der Waals surface area contributed by atoms with E-state index >= 15 is 0 Å². The molecule has 0 fully saturated rings. The van der Waals surface area contributed by atoms with Gasteiger partial charge in [-0.25, -0.2) is 0 Å². The zero-order valence-electron chi connectivity index (χ0n) is 9.56. The van der Waals surface area contributed by atoms with Crippen LogP contribution in [0.1, 0.15) is 26.3 Å². The van der Waals surface area contributed by atoms with E-state index in [-0.39, 0.29) is 10.7 Å². The molecule has 0 aromatic heterocycles. The topological polar surface area (TPSA) is 86.3 Å². The minimum absolute atomic E-state index is 0.0481. The average molecular weight is 259 g/mol. The van der Waals surface area contributed by atoms with Crippen LogP contribution in [0.3, 0.4) is 0 Å². The second-order valence-corrected chi connectivity index (χ2v) is 4.97. The maximum atomic E-state index is 10.8. The SMILES string of the molecule is CC(C)(C)c1cc([N+](=O)[O-])cc([N+](=O)[O-])c1Cl. The Labute approximate surface area is 103 Å². The van der Waals surface area contributed by atoms with Crippen molar-refractivity contribution >= 4 is 23.0 Å². The summed E-state index contributed by atoms with van der Waals surface area (Å²) in [6.45, 7) is 5.34. The molecule has 0 bridgehead atoms. The van der Waals surface area contributed by atoms with Crippen molar-refractivity contribution in [1.82, 2.24) is 0 Å². The quantitative estimate of drug-likeness (QED) is 0.600. The maximum Gasteiger partial charge on any atom is 0.295 e. The van der Waals surface area contributed by atoms with E-state index in [4.69, 9.17) is 11.6 Å². The van der Waals surface area contributed by atoms with Gasteiger partial charge in [0.2, 0.25) is 0 Å². The monoisotopic (exact) mass is 258 g/mol. The lowest BCUT2D eigenvalue weighted by Crippen LogP contribution is -2.13. The zero-order chi connectivity index (χ0) is 13.4. The van der Waals surface area contributed by atoms with Gasteiger partial charge in [-0.05, 0) is 11.0 Å². The summed E-state index contributed by atoms with van der Waals surface area (Å²) in [6.07, 6.45) is 0. The van der Waals surface area contributed by atoms with Gasteiger partial charge >= 0.3 is 0 Å². The number of benzene rings is 1. The van der Waals surface area contributed by atoms with Crippen LogP contribution >= 0.6 is 11.6 Å². The predicted molar refractivity (Wildman–Crippen MR) is 63.5 cm³/mol. The molecule has 92 valence electrons. The summed E-state index contributed by atoms with van der Waals surface area (Å²) in [5.41, 5.74) is -0.884. The lowest BCUT2D eigenvalue weighted by molar-refractivity contribution is -0.394. The van der Waals surface area contributed by atoms with Crippen LogP contribution in [0.15, 0.2) is 12.1 Å². The van der Waals surface area contributed by atoms with Gasteiger partial charge in [0.05, 0.1) is 15.9 Å². The molecule has 0 saturated heterocycles. The summed E-state index contributed by atoms with van der Waals surface area (Å²) in [5, 5.41) is 21.4. The normalized spacial score (nSPS) is 11.3. The molecular formula is C10H11ClN2O4. The Morgan fingerprint density at radius 1 is 1.12 bits per heavy atom. The highest BCUT2D eigenvalue weighted by atomic mass is 35.5. The van der Waals surface area contributed by atoms with Crippen molar-refractivity contribution in [2.45, 2.75) is 26.2 Å². The number of hydrogen-bond donors (Lipinski definition) is 0. The minimum atomic E-state index is -0.718. The molecule has 0 N–H and O–H groups in total. The van der Waals surface area contributed by atoms with E-state index in [0.717, 1.165) is 6.07 Å². The van der Waals surface area contributed by atoms with Gasteiger partial charge in [0.25, 0.3) is 11.4 Å². The highest BCUT2D eigenvalue weighted by Crippen LogP contribution is 2.38. The first-order valence-electron chi connectivity index (χ1n) is 4.77. The van der Waals surface area contributed by atoms with Crippen molar-refractivity contribution in [3.63, 3.8) is 0 Å². The molecule has 7 heteroatoms. The highest BCUT2D eigenvalue weighted by Gasteiger charge is 2.28. The van der Waals surface area contributed by atoms with Gasteiger partial charge in [0, 0.05) is 6.07 Å². The molecule has 0 unspecified atom stereocenters. The smallest absolute Gasteiger partial charge is 0.258 e. The molecule has 17 heavy (non-hydrogen) atoms. The van der Waals surface area contributed by atoms with E-state index < -0.39 is 20.9 Å². The number of rotatable bonds is 2. The second-order valence-electron chi connectivity index (χ2n) is 4.59. The van der Waals surface area contributed by atoms with E-state index in [1.165, 1.54) is 6.07 Å². The molecule has 6 nitrogen and oxygen atoms in total. The fraction of sp³-hybridized carbons (Fsp3) is 0.400. The van der Waals surface area contributed by atoms with Crippen molar-refractivity contribution in [2.75, 3.05) is 0 Å². The lowest BCUT2D eigenvalue weighted by Gasteiger charge is -2.19. The Balaban J connectivity index is 3.60. The molecule has 1 rings (SSSR count). The molecular weight excluding hydrogens is 248 g/mol. The van der Waals surface area contributed by atoms with Gasteiger partial charge in [-0.1, -0.05) is 32.4 Å². The van der Waals surface area contributed by atoms with Gasteiger partial charge in [-0.15, -0.1) is 0 Å². The van der Waals surface area contributed by atoms with Gasteiger partial charge in [0.15, 0.2) is 0 Å². The van der Waals surface area contributed by atoms with Crippen molar-refractivity contribution in [1.29, 1.82) is 0 Å². The van der Waals surface area contributed by atoms with Crippen LogP contribution < -0.4 is 0 Å². The van der Waals surface area contributed by atoms with Crippen molar-refractivity contribution in [2.24, 2.45) is 0 Å². The molecule has 0 spiro atoms. The maximum absolute atomic E-state index is 10.8. The fourth-order valence-electron chi connectivity index (χ4n) is 1.38. The molecule has 1 aromatic rings. The number of nitrogens with zero attached hydrogens (tertiary/aromatic N) is 2. The predicted octanol–water partition coefficient (Wildman–Crippen LogP) is 3.45. The first-order chi connectivity index (χ1) is 7.64. The number of non-ortho nitro benzene ring substituents is 1. The third kappa shape index (κ3) is 2.71. The van der Waals surface area contributed by atoms with Crippen LogP contribution in [0.4, 0.5) is 11.4 Å². The molecule has 0 aliphatic rings. The Morgan fingerprint density at radius 3 is 2.00 bits per heavy atom. The van der Waals surface area contributed by atoms with Crippen LogP contribution in [0.2, 0.25) is 5.02 Å². The molecule has 0 saturated carbocycles. The summed E-state index contributed by atoms with van der Waals surface area (Å²) in [6, 6.07) is 2.15. The Kier molecular flexibility index (Phi) is 3.38. The minimum Gasteiger partial charge on any atom is -0.258 e. The van der Waals surface area contributed by atoms with Crippen LogP contribution in [0.25, 0.3) is 0 Å².